The first-order chi connectivity index (χ1) is 7.77. The van der Waals surface area contributed by atoms with Crippen LogP contribution in [0.15, 0.2) is 18.2 Å². The predicted molar refractivity (Wildman–Crippen MR) is 63.5 cm³/mol. The fourth-order valence-electron chi connectivity index (χ4n) is 2.05. The summed E-state index contributed by atoms with van der Waals surface area (Å²) < 4.78 is 5.30. The minimum Gasteiger partial charge on any atom is -0.495 e. The summed E-state index contributed by atoms with van der Waals surface area (Å²) in [4.78, 5) is 3.32. The quantitative estimate of drug-likeness (QED) is 0.853. The van der Waals surface area contributed by atoms with E-state index in [2.05, 4.69) is 17.1 Å². The van der Waals surface area contributed by atoms with Crippen LogP contribution in [0, 0.1) is 18.3 Å². The van der Waals surface area contributed by atoms with E-state index in [1.807, 2.05) is 19.1 Å². The molecule has 0 amide bonds. The van der Waals surface area contributed by atoms with Crippen molar-refractivity contribution in [2.45, 2.75) is 19.8 Å². The number of fused-ring (bicyclic) bond motifs is 1. The van der Waals surface area contributed by atoms with Crippen LogP contribution in [0.4, 0.5) is 0 Å². The molecule has 16 heavy (non-hydrogen) atoms. The van der Waals surface area contributed by atoms with Crippen LogP contribution in [-0.4, -0.2) is 12.1 Å². The number of methoxy groups -OCH3 is 1. The average molecular weight is 214 g/mol. The van der Waals surface area contributed by atoms with Crippen molar-refractivity contribution >= 4 is 10.9 Å². The Morgan fingerprint density at radius 2 is 2.25 bits per heavy atom. The van der Waals surface area contributed by atoms with E-state index < -0.39 is 0 Å². The highest BCUT2D eigenvalue weighted by atomic mass is 16.5. The molecule has 0 aliphatic heterocycles. The van der Waals surface area contributed by atoms with Gasteiger partial charge in [0.2, 0.25) is 0 Å². The van der Waals surface area contributed by atoms with Gasteiger partial charge in [0.15, 0.2) is 0 Å². The zero-order valence-corrected chi connectivity index (χ0v) is 9.50. The number of para-hydroxylation sites is 1. The second kappa shape index (κ2) is 4.28. The van der Waals surface area contributed by atoms with E-state index in [9.17, 15) is 0 Å². The van der Waals surface area contributed by atoms with Crippen LogP contribution in [0.1, 0.15) is 17.7 Å². The molecule has 3 nitrogen and oxygen atoms in total. The molecule has 0 fully saturated rings. The topological polar surface area (TPSA) is 48.8 Å². The lowest BCUT2D eigenvalue weighted by molar-refractivity contribution is 0.419. The Labute approximate surface area is 94.7 Å². The summed E-state index contributed by atoms with van der Waals surface area (Å²) in [7, 11) is 1.67. The van der Waals surface area contributed by atoms with Gasteiger partial charge < -0.3 is 9.72 Å². The number of hydrogen-bond donors (Lipinski definition) is 1. The Bertz CT molecular complexity index is 549. The fraction of sp³-hybridized carbons (Fsp3) is 0.308. The maximum absolute atomic E-state index is 8.64. The van der Waals surface area contributed by atoms with Gasteiger partial charge in [-0.15, -0.1) is 0 Å². The summed E-state index contributed by atoms with van der Waals surface area (Å²) in [6.07, 6.45) is 1.33. The van der Waals surface area contributed by atoms with Crippen LogP contribution in [0.25, 0.3) is 10.9 Å². The first kappa shape index (κ1) is 10.6. The maximum atomic E-state index is 8.64. The highest BCUT2D eigenvalue weighted by molar-refractivity contribution is 5.89. The predicted octanol–water partition coefficient (Wildman–Crippen LogP) is 2.94. The second-order valence-corrected chi connectivity index (χ2v) is 3.77. The van der Waals surface area contributed by atoms with Crippen LogP contribution in [0.2, 0.25) is 0 Å². The zero-order valence-electron chi connectivity index (χ0n) is 9.50. The van der Waals surface area contributed by atoms with Crippen LogP contribution >= 0.6 is 0 Å². The van der Waals surface area contributed by atoms with Gasteiger partial charge in [0.05, 0.1) is 18.7 Å². The lowest BCUT2D eigenvalue weighted by Crippen LogP contribution is -1.85. The molecule has 3 heteroatoms. The van der Waals surface area contributed by atoms with Gasteiger partial charge >= 0.3 is 0 Å². The summed E-state index contributed by atoms with van der Waals surface area (Å²) in [6.45, 7) is 2.03. The number of hydrogen-bond acceptors (Lipinski definition) is 2. The third-order valence-corrected chi connectivity index (χ3v) is 2.82. The number of aromatic amines is 1. The number of nitrogens with one attached hydrogen (secondary N) is 1. The Balaban J connectivity index is 2.58. The largest absolute Gasteiger partial charge is 0.495 e. The number of nitrogens with zero attached hydrogens (tertiary/aromatic N) is 1. The maximum Gasteiger partial charge on any atom is 0.142 e. The van der Waals surface area contributed by atoms with Crippen molar-refractivity contribution in [3.05, 3.63) is 29.5 Å². The van der Waals surface area contributed by atoms with Crippen molar-refractivity contribution in [2.24, 2.45) is 0 Å². The summed E-state index contributed by atoms with van der Waals surface area (Å²) in [5.74, 6) is 0.851. The highest BCUT2D eigenvalue weighted by Gasteiger charge is 2.10. The minimum atomic E-state index is 0.547. The number of H-pyrrole nitrogens is 1. The van der Waals surface area contributed by atoms with E-state index in [-0.39, 0.29) is 0 Å². The SMILES string of the molecule is COc1cccc2c(CCC#N)c(C)[nH]c12. The number of ether oxygens (including phenoxy) is 1. The lowest BCUT2D eigenvalue weighted by atomic mass is 10.1. The summed E-state index contributed by atoms with van der Waals surface area (Å²) in [5.41, 5.74) is 3.36. The molecule has 1 aromatic carbocycles. The van der Waals surface area contributed by atoms with E-state index >= 15 is 0 Å². The van der Waals surface area contributed by atoms with Crippen molar-refractivity contribution in [3.63, 3.8) is 0 Å². The molecule has 0 aliphatic carbocycles. The fourth-order valence-corrected chi connectivity index (χ4v) is 2.05. The van der Waals surface area contributed by atoms with Gasteiger partial charge in [-0.3, -0.25) is 0 Å². The monoisotopic (exact) mass is 214 g/mol. The van der Waals surface area contributed by atoms with Crippen molar-refractivity contribution in [2.75, 3.05) is 7.11 Å². The molecule has 0 bridgehead atoms. The Morgan fingerprint density at radius 1 is 1.44 bits per heavy atom. The smallest absolute Gasteiger partial charge is 0.142 e. The van der Waals surface area contributed by atoms with Crippen LogP contribution < -0.4 is 4.74 Å². The first-order valence-electron chi connectivity index (χ1n) is 5.29. The molecule has 0 aliphatic rings. The first-order valence-corrected chi connectivity index (χ1v) is 5.29. The molecule has 0 saturated carbocycles. The van der Waals surface area contributed by atoms with Gasteiger partial charge in [-0.05, 0) is 25.0 Å². The van der Waals surface area contributed by atoms with E-state index in [0.29, 0.717) is 6.42 Å². The number of aryl methyl sites for hydroxylation is 2. The van der Waals surface area contributed by atoms with Gasteiger partial charge in [-0.2, -0.15) is 5.26 Å². The minimum absolute atomic E-state index is 0.547. The van der Waals surface area contributed by atoms with Gasteiger partial charge in [-0.1, -0.05) is 12.1 Å². The van der Waals surface area contributed by atoms with Gasteiger partial charge in [-0.25, -0.2) is 0 Å². The van der Waals surface area contributed by atoms with Gasteiger partial charge in [0.1, 0.15) is 5.75 Å². The molecular formula is C13H14N2O. The van der Waals surface area contributed by atoms with Crippen molar-refractivity contribution in [1.82, 2.24) is 4.98 Å². The summed E-state index contributed by atoms with van der Waals surface area (Å²) in [6, 6.07) is 8.16. The molecule has 1 aromatic heterocycles. The standard InChI is InChI=1S/C13H14N2O/c1-9-10(6-4-8-14)11-5-3-7-12(16-2)13(11)15-9/h3,5,7,15H,4,6H2,1-2H3. The lowest BCUT2D eigenvalue weighted by Gasteiger charge is -2.01. The van der Waals surface area contributed by atoms with Crippen LogP contribution in [-0.2, 0) is 6.42 Å². The number of benzene rings is 1. The molecule has 1 heterocycles. The molecule has 0 atom stereocenters. The molecule has 2 rings (SSSR count). The van der Waals surface area contributed by atoms with Crippen molar-refractivity contribution in [1.29, 1.82) is 5.26 Å². The molecule has 0 saturated heterocycles. The Hall–Kier alpha value is -1.95. The van der Waals surface area contributed by atoms with E-state index in [1.165, 1.54) is 5.56 Å². The Morgan fingerprint density at radius 3 is 2.94 bits per heavy atom. The third-order valence-electron chi connectivity index (χ3n) is 2.82. The van der Waals surface area contributed by atoms with E-state index in [4.69, 9.17) is 10.00 Å². The molecule has 82 valence electrons. The number of nitriles is 1. The molecule has 0 radical (unpaired) electrons. The number of rotatable bonds is 3. The molecule has 2 aromatic rings. The van der Waals surface area contributed by atoms with Crippen molar-refractivity contribution < 1.29 is 4.74 Å². The van der Waals surface area contributed by atoms with E-state index in [0.717, 1.165) is 28.8 Å². The second-order valence-electron chi connectivity index (χ2n) is 3.77. The normalized spacial score (nSPS) is 10.3. The molecule has 0 unspecified atom stereocenters. The van der Waals surface area contributed by atoms with Crippen LogP contribution in [0.5, 0.6) is 5.75 Å². The summed E-state index contributed by atoms with van der Waals surface area (Å²) >= 11 is 0. The van der Waals surface area contributed by atoms with Crippen molar-refractivity contribution in [3.8, 4) is 11.8 Å². The zero-order chi connectivity index (χ0) is 11.5. The summed E-state index contributed by atoms with van der Waals surface area (Å²) in [5, 5.41) is 9.80. The highest BCUT2D eigenvalue weighted by Crippen LogP contribution is 2.29. The molecule has 1 N–H and O–H groups in total. The number of aromatic nitrogens is 1. The Kier molecular flexibility index (Phi) is 2.82. The average Bonchev–Trinajstić information content (AvgIpc) is 2.62. The van der Waals surface area contributed by atoms with Crippen LogP contribution in [0.3, 0.4) is 0 Å². The van der Waals surface area contributed by atoms with Gasteiger partial charge in [0, 0.05) is 17.5 Å². The third kappa shape index (κ3) is 1.63. The van der Waals surface area contributed by atoms with Gasteiger partial charge in [0.25, 0.3) is 0 Å². The molecular weight excluding hydrogens is 200 g/mol. The van der Waals surface area contributed by atoms with E-state index in [1.54, 1.807) is 7.11 Å². The molecule has 0 spiro atoms.